The minimum absolute atomic E-state index is 0.0652. The third-order valence-corrected chi connectivity index (χ3v) is 10.5. The Labute approximate surface area is 156 Å². The summed E-state index contributed by atoms with van der Waals surface area (Å²) in [5.41, 5.74) is 1.51. The highest BCUT2D eigenvalue weighted by atomic mass is 28.4. The molecule has 1 aliphatic heterocycles. The highest BCUT2D eigenvalue weighted by molar-refractivity contribution is 6.74. The predicted octanol–water partition coefficient (Wildman–Crippen LogP) is 4.95. The molecule has 0 spiro atoms. The maximum atomic E-state index is 14.3. The van der Waals surface area contributed by atoms with E-state index in [4.69, 9.17) is 13.9 Å². The van der Waals surface area contributed by atoms with Gasteiger partial charge >= 0.3 is 5.97 Å². The van der Waals surface area contributed by atoms with Gasteiger partial charge in [0.15, 0.2) is 8.32 Å². The molecule has 0 bridgehead atoms. The Morgan fingerprint density at radius 1 is 1.35 bits per heavy atom. The first-order valence-electron chi connectivity index (χ1n) is 9.32. The molecule has 1 aromatic rings. The van der Waals surface area contributed by atoms with Crippen molar-refractivity contribution >= 4 is 14.3 Å². The fraction of sp³-hybridized carbons (Fsp3) is 0.650. The van der Waals surface area contributed by atoms with Crippen LogP contribution in [0.3, 0.4) is 0 Å². The van der Waals surface area contributed by atoms with Crippen molar-refractivity contribution in [2.24, 2.45) is 5.92 Å². The molecule has 2 aliphatic rings. The van der Waals surface area contributed by atoms with Crippen molar-refractivity contribution < 1.29 is 23.1 Å². The molecule has 4 nitrogen and oxygen atoms in total. The zero-order chi connectivity index (χ0) is 19.4. The summed E-state index contributed by atoms with van der Waals surface area (Å²) in [7, 11) is -2.00. The quantitative estimate of drug-likeness (QED) is 0.536. The molecule has 1 aliphatic carbocycles. The van der Waals surface area contributed by atoms with Gasteiger partial charge in [-0.2, -0.15) is 0 Å². The minimum Gasteiger partial charge on any atom is -0.488 e. The van der Waals surface area contributed by atoms with Gasteiger partial charge in [0.2, 0.25) is 0 Å². The highest BCUT2D eigenvalue weighted by Crippen LogP contribution is 2.60. The van der Waals surface area contributed by atoms with E-state index >= 15 is 0 Å². The maximum Gasteiger partial charge on any atom is 0.313 e. The van der Waals surface area contributed by atoms with Crippen molar-refractivity contribution in [1.82, 2.24) is 0 Å². The summed E-state index contributed by atoms with van der Waals surface area (Å²) in [5.74, 6) is -0.298. The first kappa shape index (κ1) is 19.4. The third kappa shape index (κ3) is 3.18. The molecule has 6 heteroatoms. The van der Waals surface area contributed by atoms with Crippen LogP contribution < -0.4 is 4.74 Å². The van der Waals surface area contributed by atoms with Crippen LogP contribution in [0, 0.1) is 11.7 Å². The second kappa shape index (κ2) is 6.34. The van der Waals surface area contributed by atoms with E-state index in [1.54, 1.807) is 6.92 Å². The number of carbonyl (C=O) groups is 1. The summed E-state index contributed by atoms with van der Waals surface area (Å²) in [6, 6.07) is 2.99. The van der Waals surface area contributed by atoms with Crippen LogP contribution in [-0.4, -0.2) is 27.0 Å². The summed E-state index contributed by atoms with van der Waals surface area (Å²) in [5, 5.41) is 0.0652. The lowest BCUT2D eigenvalue weighted by atomic mass is 10.0. The van der Waals surface area contributed by atoms with Crippen LogP contribution in [0.25, 0.3) is 0 Å². The molecule has 1 fully saturated rings. The van der Waals surface area contributed by atoms with Gasteiger partial charge in [-0.3, -0.25) is 4.79 Å². The van der Waals surface area contributed by atoms with Gasteiger partial charge in [-0.1, -0.05) is 20.8 Å². The molecule has 0 N–H and O–H groups in total. The lowest BCUT2D eigenvalue weighted by molar-refractivity contribution is -0.145. The largest absolute Gasteiger partial charge is 0.488 e. The van der Waals surface area contributed by atoms with Crippen molar-refractivity contribution in [2.45, 2.75) is 70.9 Å². The van der Waals surface area contributed by atoms with Crippen LogP contribution >= 0.6 is 0 Å². The maximum absolute atomic E-state index is 14.3. The summed E-state index contributed by atoms with van der Waals surface area (Å²) >= 11 is 0. The van der Waals surface area contributed by atoms with Crippen molar-refractivity contribution in [2.75, 3.05) is 6.61 Å². The van der Waals surface area contributed by atoms with Crippen LogP contribution in [0.15, 0.2) is 12.1 Å². The zero-order valence-electron chi connectivity index (χ0n) is 16.7. The first-order valence-corrected chi connectivity index (χ1v) is 12.2. The molecule has 1 aromatic carbocycles. The van der Waals surface area contributed by atoms with Crippen LogP contribution in [-0.2, 0) is 14.0 Å². The summed E-state index contributed by atoms with van der Waals surface area (Å²) < 4.78 is 31.9. The number of halogens is 1. The van der Waals surface area contributed by atoms with Gasteiger partial charge in [0, 0.05) is 17.0 Å². The van der Waals surface area contributed by atoms with Gasteiger partial charge in [-0.25, -0.2) is 4.39 Å². The molecule has 3 rings (SSSR count). The Hall–Kier alpha value is -1.40. The number of esters is 1. The lowest BCUT2D eigenvalue weighted by Crippen LogP contribution is -2.41. The number of hydrogen-bond acceptors (Lipinski definition) is 4. The Bertz CT molecular complexity index is 725. The van der Waals surface area contributed by atoms with Crippen LogP contribution in [0.5, 0.6) is 5.75 Å². The molecule has 1 heterocycles. The predicted molar refractivity (Wildman–Crippen MR) is 100 cm³/mol. The number of carbonyl (C=O) groups excluding carboxylic acids is 1. The van der Waals surface area contributed by atoms with E-state index in [9.17, 15) is 9.18 Å². The SMILES string of the molecule is CCOC(=O)[C@@H]1[C@H]2Oc3c(cc(F)cc3[C@@H](C)O[Si](C)(C)C(C)(C)C)[C@H]21. The number of ether oxygens (including phenoxy) is 2. The molecule has 0 radical (unpaired) electrons. The van der Waals surface area contributed by atoms with Gasteiger partial charge in [0.05, 0.1) is 12.7 Å². The van der Waals surface area contributed by atoms with Gasteiger partial charge in [-0.05, 0) is 44.1 Å². The van der Waals surface area contributed by atoms with Crippen molar-refractivity contribution in [1.29, 1.82) is 0 Å². The fourth-order valence-electron chi connectivity index (χ4n) is 3.46. The van der Waals surface area contributed by atoms with Crippen LogP contribution in [0.2, 0.25) is 18.1 Å². The molecule has 0 unspecified atom stereocenters. The molecule has 0 amide bonds. The minimum atomic E-state index is -2.00. The van der Waals surface area contributed by atoms with E-state index < -0.39 is 8.32 Å². The Morgan fingerprint density at radius 2 is 2.00 bits per heavy atom. The fourth-order valence-corrected chi connectivity index (χ4v) is 4.82. The second-order valence-corrected chi connectivity index (χ2v) is 13.6. The van der Waals surface area contributed by atoms with Crippen LogP contribution in [0.4, 0.5) is 4.39 Å². The van der Waals surface area contributed by atoms with Gasteiger partial charge < -0.3 is 13.9 Å². The Balaban J connectivity index is 1.86. The molecular weight excluding hydrogens is 351 g/mol. The van der Waals surface area contributed by atoms with Gasteiger partial charge in [0.1, 0.15) is 23.6 Å². The lowest BCUT2D eigenvalue weighted by Gasteiger charge is -2.38. The van der Waals surface area contributed by atoms with E-state index in [2.05, 4.69) is 33.9 Å². The van der Waals surface area contributed by atoms with Crippen LogP contribution in [0.1, 0.15) is 57.8 Å². The number of benzene rings is 1. The standard InChI is InChI=1S/C20H29FO4Si/c1-8-23-19(22)16-15-14-10-12(21)9-13(17(14)24-18(15)16)11(2)25-26(6,7)20(3,4)5/h9-11,15-16,18H,8H2,1-7H3/t11-,15+,16+,18+/m1/s1. The van der Waals surface area contributed by atoms with E-state index in [-0.39, 0.29) is 40.9 Å². The number of rotatable bonds is 5. The topological polar surface area (TPSA) is 44.8 Å². The van der Waals surface area contributed by atoms with Crippen molar-refractivity contribution in [3.8, 4) is 5.75 Å². The van der Waals surface area contributed by atoms with Gasteiger partial charge in [0.25, 0.3) is 0 Å². The highest BCUT2D eigenvalue weighted by Gasteiger charge is 2.64. The molecule has 1 saturated carbocycles. The number of hydrogen-bond donors (Lipinski definition) is 0. The molecule has 0 saturated heterocycles. The third-order valence-electron chi connectivity index (χ3n) is 5.95. The smallest absolute Gasteiger partial charge is 0.313 e. The summed E-state index contributed by atoms with van der Waals surface area (Å²) in [4.78, 5) is 12.0. The Kier molecular flexibility index (Phi) is 4.72. The first-order chi connectivity index (χ1) is 12.0. The van der Waals surface area contributed by atoms with Crippen molar-refractivity contribution in [3.05, 3.63) is 29.1 Å². The van der Waals surface area contributed by atoms with E-state index in [0.29, 0.717) is 12.4 Å². The van der Waals surface area contributed by atoms with E-state index in [1.807, 2.05) is 6.92 Å². The second-order valence-electron chi connectivity index (χ2n) is 8.82. The summed E-state index contributed by atoms with van der Waals surface area (Å²) in [6.07, 6.45) is -0.497. The molecule has 26 heavy (non-hydrogen) atoms. The summed E-state index contributed by atoms with van der Waals surface area (Å²) in [6.45, 7) is 15.0. The average molecular weight is 381 g/mol. The normalized spacial score (nSPS) is 25.2. The zero-order valence-corrected chi connectivity index (χ0v) is 17.7. The molecule has 144 valence electrons. The monoisotopic (exact) mass is 380 g/mol. The Morgan fingerprint density at radius 3 is 2.58 bits per heavy atom. The van der Waals surface area contributed by atoms with Crippen molar-refractivity contribution in [3.63, 3.8) is 0 Å². The van der Waals surface area contributed by atoms with E-state index in [1.165, 1.54) is 12.1 Å². The average Bonchev–Trinajstić information content (AvgIpc) is 3.10. The van der Waals surface area contributed by atoms with Gasteiger partial charge in [-0.15, -0.1) is 0 Å². The molecule has 0 aromatic heterocycles. The molecular formula is C20H29FO4Si. The molecule has 4 atom stereocenters. The number of fused-ring (bicyclic) bond motifs is 3. The van der Waals surface area contributed by atoms with E-state index in [0.717, 1.165) is 11.1 Å².